The molecule has 82 valence electrons. The Bertz CT molecular complexity index is 442. The molecule has 0 atom stereocenters. The molecule has 2 heterocycles. The SMILES string of the molecule is CNc1cc(NCc2cccnc2)ccn1. The van der Waals surface area contributed by atoms with E-state index in [1.54, 1.807) is 12.4 Å². The van der Waals surface area contributed by atoms with Gasteiger partial charge in [0, 0.05) is 43.9 Å². The summed E-state index contributed by atoms with van der Waals surface area (Å²) in [4.78, 5) is 8.22. The zero-order valence-electron chi connectivity index (χ0n) is 9.14. The predicted octanol–water partition coefficient (Wildman–Crippen LogP) is 2.13. The number of nitrogens with zero attached hydrogens (tertiary/aromatic N) is 2. The summed E-state index contributed by atoms with van der Waals surface area (Å²) in [7, 11) is 1.85. The van der Waals surface area contributed by atoms with Gasteiger partial charge in [-0.05, 0) is 17.7 Å². The van der Waals surface area contributed by atoms with Gasteiger partial charge in [-0.1, -0.05) is 6.07 Å². The molecule has 0 fully saturated rings. The molecule has 0 spiro atoms. The van der Waals surface area contributed by atoms with Crippen molar-refractivity contribution in [1.29, 1.82) is 0 Å². The number of hydrogen-bond acceptors (Lipinski definition) is 4. The summed E-state index contributed by atoms with van der Waals surface area (Å²) in [5.74, 6) is 0.858. The van der Waals surface area contributed by atoms with Crippen LogP contribution in [0, 0.1) is 0 Å². The third-order valence-electron chi connectivity index (χ3n) is 2.24. The number of aromatic nitrogens is 2. The van der Waals surface area contributed by atoms with Crippen LogP contribution in [-0.4, -0.2) is 17.0 Å². The van der Waals surface area contributed by atoms with Crippen LogP contribution in [-0.2, 0) is 6.54 Å². The Kier molecular flexibility index (Phi) is 3.33. The van der Waals surface area contributed by atoms with E-state index in [2.05, 4.69) is 20.6 Å². The highest BCUT2D eigenvalue weighted by atomic mass is 15.0. The minimum Gasteiger partial charge on any atom is -0.381 e. The summed E-state index contributed by atoms with van der Waals surface area (Å²) in [6.45, 7) is 0.765. The van der Waals surface area contributed by atoms with Gasteiger partial charge in [0.25, 0.3) is 0 Å². The topological polar surface area (TPSA) is 49.8 Å². The zero-order valence-corrected chi connectivity index (χ0v) is 9.14. The van der Waals surface area contributed by atoms with Crippen molar-refractivity contribution >= 4 is 11.5 Å². The van der Waals surface area contributed by atoms with Crippen LogP contribution in [0.1, 0.15) is 5.56 Å². The largest absolute Gasteiger partial charge is 0.381 e. The van der Waals surface area contributed by atoms with Gasteiger partial charge in [0.05, 0.1) is 0 Å². The molecule has 16 heavy (non-hydrogen) atoms. The first kappa shape index (κ1) is 10.4. The predicted molar refractivity (Wildman–Crippen MR) is 65.3 cm³/mol. The van der Waals surface area contributed by atoms with Crippen molar-refractivity contribution in [2.24, 2.45) is 0 Å². The lowest BCUT2D eigenvalue weighted by Crippen LogP contribution is -2.01. The maximum absolute atomic E-state index is 4.15. The monoisotopic (exact) mass is 214 g/mol. The van der Waals surface area contributed by atoms with Crippen molar-refractivity contribution in [3.8, 4) is 0 Å². The molecule has 2 aromatic heterocycles. The zero-order chi connectivity index (χ0) is 11.2. The van der Waals surface area contributed by atoms with E-state index >= 15 is 0 Å². The van der Waals surface area contributed by atoms with Crippen LogP contribution in [0.2, 0.25) is 0 Å². The molecule has 2 N–H and O–H groups in total. The highest BCUT2D eigenvalue weighted by Crippen LogP contribution is 2.12. The third-order valence-corrected chi connectivity index (χ3v) is 2.24. The molecule has 0 saturated carbocycles. The molecule has 0 amide bonds. The fraction of sp³-hybridized carbons (Fsp3) is 0.167. The molecule has 0 aliphatic carbocycles. The highest BCUT2D eigenvalue weighted by molar-refractivity contribution is 5.51. The molecule has 0 saturated heterocycles. The average Bonchev–Trinajstić information content (AvgIpc) is 2.38. The van der Waals surface area contributed by atoms with E-state index in [1.165, 1.54) is 0 Å². The molecule has 2 rings (SSSR count). The van der Waals surface area contributed by atoms with E-state index < -0.39 is 0 Å². The third kappa shape index (κ3) is 2.70. The van der Waals surface area contributed by atoms with Gasteiger partial charge >= 0.3 is 0 Å². The molecule has 0 bridgehead atoms. The Morgan fingerprint density at radius 3 is 2.94 bits per heavy atom. The van der Waals surface area contributed by atoms with Crippen molar-refractivity contribution in [2.45, 2.75) is 6.54 Å². The van der Waals surface area contributed by atoms with Crippen molar-refractivity contribution < 1.29 is 0 Å². The Labute approximate surface area is 94.8 Å². The van der Waals surface area contributed by atoms with E-state index in [0.29, 0.717) is 0 Å². The fourth-order valence-electron chi connectivity index (χ4n) is 1.38. The minimum atomic E-state index is 0.765. The Morgan fingerprint density at radius 1 is 1.25 bits per heavy atom. The standard InChI is InChI=1S/C12H14N4/c1-13-12-7-11(4-6-15-12)16-9-10-3-2-5-14-8-10/h2-8H,9H2,1H3,(H2,13,15,16). The second-order valence-corrected chi connectivity index (χ2v) is 3.39. The Balaban J connectivity index is 1.99. The van der Waals surface area contributed by atoms with Crippen LogP contribution in [0.3, 0.4) is 0 Å². The molecule has 0 radical (unpaired) electrons. The van der Waals surface area contributed by atoms with Gasteiger partial charge in [0.15, 0.2) is 0 Å². The Morgan fingerprint density at radius 2 is 2.19 bits per heavy atom. The molecular weight excluding hydrogens is 200 g/mol. The van der Waals surface area contributed by atoms with Crippen LogP contribution in [0.5, 0.6) is 0 Å². The molecule has 0 aromatic carbocycles. The van der Waals surface area contributed by atoms with E-state index in [9.17, 15) is 0 Å². The molecule has 0 aliphatic heterocycles. The first-order chi connectivity index (χ1) is 7.88. The van der Waals surface area contributed by atoms with Crippen molar-refractivity contribution in [3.63, 3.8) is 0 Å². The molecule has 0 unspecified atom stereocenters. The molecule has 4 heteroatoms. The highest BCUT2D eigenvalue weighted by Gasteiger charge is 1.95. The fourth-order valence-corrected chi connectivity index (χ4v) is 1.38. The number of nitrogens with one attached hydrogen (secondary N) is 2. The van der Waals surface area contributed by atoms with Gasteiger partial charge in [-0.25, -0.2) is 4.98 Å². The van der Waals surface area contributed by atoms with Gasteiger partial charge in [0.2, 0.25) is 0 Å². The molecule has 4 nitrogen and oxygen atoms in total. The normalized spacial score (nSPS) is 9.81. The number of hydrogen-bond donors (Lipinski definition) is 2. The van der Waals surface area contributed by atoms with E-state index in [1.807, 2.05) is 37.5 Å². The van der Waals surface area contributed by atoms with Gasteiger partial charge in [-0.3, -0.25) is 4.98 Å². The summed E-state index contributed by atoms with van der Waals surface area (Å²) in [5.41, 5.74) is 2.20. The maximum atomic E-state index is 4.15. The van der Waals surface area contributed by atoms with Gasteiger partial charge in [-0.15, -0.1) is 0 Å². The number of anilines is 2. The maximum Gasteiger partial charge on any atom is 0.127 e. The van der Waals surface area contributed by atoms with Gasteiger partial charge in [0.1, 0.15) is 5.82 Å². The van der Waals surface area contributed by atoms with Crippen molar-refractivity contribution in [1.82, 2.24) is 9.97 Å². The summed E-state index contributed by atoms with van der Waals surface area (Å²) >= 11 is 0. The summed E-state index contributed by atoms with van der Waals surface area (Å²) in [5, 5.41) is 6.32. The lowest BCUT2D eigenvalue weighted by atomic mass is 10.3. The van der Waals surface area contributed by atoms with Gasteiger partial charge in [-0.2, -0.15) is 0 Å². The van der Waals surface area contributed by atoms with E-state index in [4.69, 9.17) is 0 Å². The van der Waals surface area contributed by atoms with Gasteiger partial charge < -0.3 is 10.6 Å². The van der Waals surface area contributed by atoms with E-state index in [0.717, 1.165) is 23.6 Å². The average molecular weight is 214 g/mol. The first-order valence-electron chi connectivity index (χ1n) is 5.15. The Hall–Kier alpha value is -2.10. The number of pyridine rings is 2. The van der Waals surface area contributed by atoms with Crippen LogP contribution >= 0.6 is 0 Å². The lowest BCUT2D eigenvalue weighted by molar-refractivity contribution is 1.11. The van der Waals surface area contributed by atoms with Crippen molar-refractivity contribution in [2.75, 3.05) is 17.7 Å². The van der Waals surface area contributed by atoms with Crippen LogP contribution < -0.4 is 10.6 Å². The van der Waals surface area contributed by atoms with E-state index in [-0.39, 0.29) is 0 Å². The smallest absolute Gasteiger partial charge is 0.127 e. The second-order valence-electron chi connectivity index (χ2n) is 3.39. The van der Waals surface area contributed by atoms with Crippen LogP contribution in [0.4, 0.5) is 11.5 Å². The summed E-state index contributed by atoms with van der Waals surface area (Å²) in [6.07, 6.45) is 5.40. The minimum absolute atomic E-state index is 0.765. The van der Waals surface area contributed by atoms with Crippen molar-refractivity contribution in [3.05, 3.63) is 48.4 Å². The number of rotatable bonds is 4. The lowest BCUT2D eigenvalue weighted by Gasteiger charge is -2.07. The summed E-state index contributed by atoms with van der Waals surface area (Å²) in [6, 6.07) is 7.89. The van der Waals surface area contributed by atoms with Crippen LogP contribution in [0.15, 0.2) is 42.9 Å². The second kappa shape index (κ2) is 5.11. The summed E-state index contributed by atoms with van der Waals surface area (Å²) < 4.78 is 0. The molecule has 2 aromatic rings. The quantitative estimate of drug-likeness (QED) is 0.818. The first-order valence-corrected chi connectivity index (χ1v) is 5.15. The van der Waals surface area contributed by atoms with Crippen LogP contribution in [0.25, 0.3) is 0 Å². The molecule has 0 aliphatic rings. The molecular formula is C12H14N4.